The van der Waals surface area contributed by atoms with E-state index in [4.69, 9.17) is 23.7 Å². The molecule has 0 fully saturated rings. The molecule has 0 saturated carbocycles. The van der Waals surface area contributed by atoms with E-state index in [9.17, 15) is 9.59 Å². The van der Waals surface area contributed by atoms with E-state index >= 15 is 0 Å². The summed E-state index contributed by atoms with van der Waals surface area (Å²) >= 11 is 3.35. The minimum atomic E-state index is -1.11. The number of methoxy groups -OCH3 is 1. The van der Waals surface area contributed by atoms with Crippen LogP contribution in [-0.2, 0) is 11.4 Å². The number of carboxylic acid groups (broad SMARTS) is 1. The molecule has 1 amide bonds. The summed E-state index contributed by atoms with van der Waals surface area (Å²) in [7, 11) is 1.43. The van der Waals surface area contributed by atoms with Crippen molar-refractivity contribution >= 4 is 34.0 Å². The highest BCUT2D eigenvalue weighted by molar-refractivity contribution is 9.10. The molecule has 0 aliphatic rings. The highest BCUT2D eigenvalue weighted by atomic mass is 79.9. The van der Waals surface area contributed by atoms with Crippen LogP contribution in [0.15, 0.2) is 74.7 Å². The Morgan fingerprint density at radius 2 is 1.80 bits per heavy atom. The van der Waals surface area contributed by atoms with Gasteiger partial charge in [0.05, 0.1) is 17.8 Å². The summed E-state index contributed by atoms with van der Waals surface area (Å²) in [6, 6.07) is 18.3. The maximum atomic E-state index is 12.5. The largest absolute Gasteiger partial charge is 0.493 e. The summed E-state index contributed by atoms with van der Waals surface area (Å²) in [5.41, 5.74) is 6.33. The van der Waals surface area contributed by atoms with Gasteiger partial charge in [-0.15, -0.1) is 0 Å². The number of aryl methyl sites for hydroxylation is 2. The molecule has 0 saturated heterocycles. The minimum absolute atomic E-state index is 0.0785. The highest BCUT2D eigenvalue weighted by Gasteiger charge is 2.19. The quantitative estimate of drug-likeness (QED) is 0.166. The topological polar surface area (TPSA) is 125 Å². The van der Waals surface area contributed by atoms with Crippen molar-refractivity contribution in [1.82, 2.24) is 9.99 Å². The first-order valence-corrected chi connectivity index (χ1v) is 13.0. The maximum absolute atomic E-state index is 12.5. The molecule has 0 aliphatic heterocycles. The van der Waals surface area contributed by atoms with Crippen molar-refractivity contribution in [3.63, 3.8) is 0 Å². The SMILES string of the molecule is COc1cc(/C=N/NC(=O)c2ccc(COc3ccc(-n4c(C)ccc4C)cc3)o2)cc(Br)c1O[C@@H](C)C(=O)O. The third kappa shape index (κ3) is 6.73. The van der Waals surface area contributed by atoms with Crippen LogP contribution >= 0.6 is 15.9 Å². The Labute approximate surface area is 239 Å². The fourth-order valence-electron chi connectivity index (χ4n) is 3.88. The zero-order valence-corrected chi connectivity index (χ0v) is 23.9. The second kappa shape index (κ2) is 12.6. The molecule has 0 radical (unpaired) electrons. The van der Waals surface area contributed by atoms with Gasteiger partial charge in [-0.25, -0.2) is 10.2 Å². The molecule has 11 heteroatoms. The van der Waals surface area contributed by atoms with E-state index in [1.165, 1.54) is 20.2 Å². The number of nitrogens with zero attached hydrogens (tertiary/aromatic N) is 2. The van der Waals surface area contributed by atoms with E-state index in [1.807, 2.05) is 24.3 Å². The lowest BCUT2D eigenvalue weighted by Crippen LogP contribution is -2.23. The van der Waals surface area contributed by atoms with Crippen LogP contribution in [0.2, 0.25) is 0 Å². The number of amides is 1. The smallest absolute Gasteiger partial charge is 0.344 e. The number of aliphatic carboxylic acids is 1. The van der Waals surface area contributed by atoms with Crippen molar-refractivity contribution in [3.8, 4) is 22.9 Å². The van der Waals surface area contributed by atoms with Crippen molar-refractivity contribution in [2.24, 2.45) is 5.10 Å². The average Bonchev–Trinajstić information content (AvgIpc) is 3.55. The summed E-state index contributed by atoms with van der Waals surface area (Å²) in [5, 5.41) is 13.1. The summed E-state index contributed by atoms with van der Waals surface area (Å²) < 4.78 is 24.8. The molecular formula is C29H28BrN3O7. The van der Waals surface area contributed by atoms with E-state index in [2.05, 4.69) is 57.0 Å². The molecule has 0 spiro atoms. The molecule has 2 aromatic heterocycles. The van der Waals surface area contributed by atoms with Gasteiger partial charge in [0, 0.05) is 17.1 Å². The zero-order chi connectivity index (χ0) is 28.8. The van der Waals surface area contributed by atoms with Crippen LogP contribution in [0.1, 0.15) is 40.2 Å². The van der Waals surface area contributed by atoms with Crippen LogP contribution in [0.4, 0.5) is 0 Å². The number of hydrazone groups is 1. The number of carboxylic acids is 1. The molecular weight excluding hydrogens is 582 g/mol. The van der Waals surface area contributed by atoms with E-state index in [0.29, 0.717) is 27.3 Å². The number of rotatable bonds is 11. The average molecular weight is 610 g/mol. The molecule has 10 nitrogen and oxygen atoms in total. The van der Waals surface area contributed by atoms with Crippen LogP contribution in [0, 0.1) is 13.8 Å². The van der Waals surface area contributed by atoms with E-state index in [0.717, 1.165) is 17.1 Å². The Hall–Kier alpha value is -4.51. The van der Waals surface area contributed by atoms with Crippen molar-refractivity contribution < 1.29 is 33.3 Å². The highest BCUT2D eigenvalue weighted by Crippen LogP contribution is 2.37. The van der Waals surface area contributed by atoms with Crippen molar-refractivity contribution in [1.29, 1.82) is 0 Å². The van der Waals surface area contributed by atoms with Crippen LogP contribution in [-0.4, -0.2) is 41.0 Å². The van der Waals surface area contributed by atoms with Gasteiger partial charge in [-0.05, 0) is 103 Å². The van der Waals surface area contributed by atoms with Crippen LogP contribution in [0.25, 0.3) is 5.69 Å². The summed E-state index contributed by atoms with van der Waals surface area (Å²) in [6.45, 7) is 5.68. The van der Waals surface area contributed by atoms with Gasteiger partial charge < -0.3 is 28.3 Å². The number of hydrogen-bond donors (Lipinski definition) is 2. The first kappa shape index (κ1) is 28.5. The summed E-state index contributed by atoms with van der Waals surface area (Å²) in [6.07, 6.45) is 0.333. The predicted molar refractivity (Wildman–Crippen MR) is 152 cm³/mol. The normalized spacial score (nSPS) is 11.8. The van der Waals surface area contributed by atoms with Crippen molar-refractivity contribution in [2.75, 3.05) is 7.11 Å². The van der Waals surface area contributed by atoms with Gasteiger partial charge in [-0.1, -0.05) is 0 Å². The Morgan fingerprint density at radius 1 is 1.10 bits per heavy atom. The van der Waals surface area contributed by atoms with Gasteiger partial charge in [0.1, 0.15) is 18.1 Å². The Morgan fingerprint density at radius 3 is 2.45 bits per heavy atom. The molecule has 2 heterocycles. The molecule has 208 valence electrons. The number of hydrogen-bond acceptors (Lipinski definition) is 7. The second-order valence-electron chi connectivity index (χ2n) is 8.83. The number of carbonyl (C=O) groups is 2. The molecule has 2 N–H and O–H groups in total. The van der Waals surface area contributed by atoms with Crippen LogP contribution < -0.4 is 19.6 Å². The lowest BCUT2D eigenvalue weighted by molar-refractivity contribution is -0.144. The second-order valence-corrected chi connectivity index (χ2v) is 9.69. The van der Waals surface area contributed by atoms with Crippen molar-refractivity contribution in [3.05, 3.63) is 93.6 Å². The number of furan rings is 1. The van der Waals surface area contributed by atoms with Crippen molar-refractivity contribution in [2.45, 2.75) is 33.5 Å². The molecule has 2 aromatic carbocycles. The number of halogens is 1. The number of benzene rings is 2. The predicted octanol–water partition coefficient (Wildman–Crippen LogP) is 5.65. The summed E-state index contributed by atoms with van der Waals surface area (Å²) in [4.78, 5) is 23.6. The number of carbonyl (C=O) groups excluding carboxylic acids is 1. The molecule has 0 aliphatic carbocycles. The maximum Gasteiger partial charge on any atom is 0.344 e. The lowest BCUT2D eigenvalue weighted by Gasteiger charge is -2.15. The molecule has 4 rings (SSSR count). The fraction of sp³-hybridized carbons (Fsp3) is 0.207. The number of nitrogens with one attached hydrogen (secondary N) is 1. The third-order valence-corrected chi connectivity index (χ3v) is 6.50. The molecule has 40 heavy (non-hydrogen) atoms. The zero-order valence-electron chi connectivity index (χ0n) is 22.3. The Kier molecular flexibility index (Phi) is 8.95. The van der Waals surface area contributed by atoms with Gasteiger partial charge in [0.25, 0.3) is 0 Å². The Bertz CT molecular complexity index is 1520. The Balaban J connectivity index is 1.33. The molecule has 0 unspecified atom stereocenters. The molecule has 4 aromatic rings. The van der Waals surface area contributed by atoms with E-state index < -0.39 is 18.0 Å². The standard InChI is InChI=1S/C29H28BrN3O7/c1-17-5-6-18(2)33(17)21-7-9-22(10-8-21)38-16-23-11-12-25(40-23)28(34)32-31-15-20-13-24(30)27(26(14-20)37-4)39-19(3)29(35)36/h5-15,19H,16H2,1-4H3,(H,32,34)(H,35,36)/b31-15+/t19-/m0/s1. The van der Waals surface area contributed by atoms with Gasteiger partial charge in [0.15, 0.2) is 23.4 Å². The van der Waals surface area contributed by atoms with Crippen LogP contribution in [0.3, 0.4) is 0 Å². The minimum Gasteiger partial charge on any atom is -0.493 e. The lowest BCUT2D eigenvalue weighted by atomic mass is 10.2. The number of aromatic nitrogens is 1. The molecule has 0 bridgehead atoms. The van der Waals surface area contributed by atoms with Gasteiger partial charge >= 0.3 is 11.9 Å². The first-order valence-electron chi connectivity index (χ1n) is 12.2. The monoisotopic (exact) mass is 609 g/mol. The van der Waals surface area contributed by atoms with Crippen LogP contribution in [0.5, 0.6) is 17.2 Å². The van der Waals surface area contributed by atoms with E-state index in [-0.39, 0.29) is 18.1 Å². The number of ether oxygens (including phenoxy) is 3. The first-order chi connectivity index (χ1) is 19.2. The fourth-order valence-corrected chi connectivity index (χ4v) is 4.43. The van der Waals surface area contributed by atoms with Gasteiger partial charge in [-0.3, -0.25) is 4.79 Å². The van der Waals surface area contributed by atoms with E-state index in [1.54, 1.807) is 24.3 Å². The summed E-state index contributed by atoms with van der Waals surface area (Å²) in [5.74, 6) is 0.132. The van der Waals surface area contributed by atoms with Gasteiger partial charge in [0.2, 0.25) is 0 Å². The molecule has 1 atom stereocenters. The third-order valence-electron chi connectivity index (χ3n) is 5.91. The van der Waals surface area contributed by atoms with Gasteiger partial charge in [-0.2, -0.15) is 5.10 Å².